The van der Waals surface area contributed by atoms with Crippen LogP contribution in [0, 0.1) is 0 Å². The minimum atomic E-state index is -0.913. The molecule has 106 valence electrons. The molecular formula is C15H21BrO3. The van der Waals surface area contributed by atoms with Gasteiger partial charge in [0.05, 0.1) is 12.2 Å². The molecule has 0 aliphatic heterocycles. The molecule has 0 heterocycles. The number of carbonyl (C=O) groups is 1. The van der Waals surface area contributed by atoms with Crippen LogP contribution in [-0.4, -0.2) is 17.7 Å². The monoisotopic (exact) mass is 328 g/mol. The molecule has 4 heteroatoms. The highest BCUT2D eigenvalue weighted by molar-refractivity contribution is 9.10. The van der Waals surface area contributed by atoms with E-state index in [1.165, 1.54) is 25.7 Å². The molecule has 0 bridgehead atoms. The van der Waals surface area contributed by atoms with Crippen LogP contribution in [0.2, 0.25) is 0 Å². The lowest BCUT2D eigenvalue weighted by molar-refractivity contribution is 0.0696. The highest BCUT2D eigenvalue weighted by Crippen LogP contribution is 2.19. The summed E-state index contributed by atoms with van der Waals surface area (Å²) >= 11 is 3.38. The molecule has 0 atom stereocenters. The fraction of sp³-hybridized carbons (Fsp3) is 0.533. The number of hydrogen-bond donors (Lipinski definition) is 1. The first-order chi connectivity index (χ1) is 9.15. The molecule has 19 heavy (non-hydrogen) atoms. The number of hydrogen-bond acceptors (Lipinski definition) is 2. The number of rotatable bonds is 9. The molecule has 0 unspecified atom stereocenters. The summed E-state index contributed by atoms with van der Waals surface area (Å²) in [5.41, 5.74) is 1.27. The van der Waals surface area contributed by atoms with Crippen LogP contribution in [-0.2, 0) is 11.3 Å². The van der Waals surface area contributed by atoms with Crippen LogP contribution in [0.15, 0.2) is 22.7 Å². The van der Waals surface area contributed by atoms with E-state index in [0.29, 0.717) is 6.61 Å². The normalized spacial score (nSPS) is 10.6. The maximum Gasteiger partial charge on any atom is 0.335 e. The van der Waals surface area contributed by atoms with Crippen LogP contribution in [0.3, 0.4) is 0 Å². The third-order valence-electron chi connectivity index (χ3n) is 2.95. The van der Waals surface area contributed by atoms with Crippen LogP contribution < -0.4 is 0 Å². The summed E-state index contributed by atoms with van der Waals surface area (Å²) in [6.07, 6.45) is 6.13. The zero-order valence-electron chi connectivity index (χ0n) is 11.3. The molecule has 3 nitrogen and oxygen atoms in total. The first-order valence-electron chi connectivity index (χ1n) is 6.74. The minimum absolute atomic E-state index is 0.287. The summed E-state index contributed by atoms with van der Waals surface area (Å²) in [7, 11) is 0. The van der Waals surface area contributed by atoms with Crippen molar-refractivity contribution >= 4 is 21.9 Å². The van der Waals surface area contributed by atoms with Crippen molar-refractivity contribution in [1.82, 2.24) is 0 Å². The second-order valence-electron chi connectivity index (χ2n) is 4.58. The summed E-state index contributed by atoms with van der Waals surface area (Å²) in [6.45, 7) is 3.49. The van der Waals surface area contributed by atoms with Crippen molar-refractivity contribution in [3.63, 3.8) is 0 Å². The molecule has 0 spiro atoms. The van der Waals surface area contributed by atoms with Crippen molar-refractivity contribution in [2.45, 2.75) is 45.6 Å². The zero-order valence-corrected chi connectivity index (χ0v) is 12.9. The van der Waals surface area contributed by atoms with E-state index in [2.05, 4.69) is 22.9 Å². The lowest BCUT2D eigenvalue weighted by atomic mass is 10.1. The van der Waals surface area contributed by atoms with Gasteiger partial charge in [-0.2, -0.15) is 0 Å². The molecule has 1 aromatic carbocycles. The average Bonchev–Trinajstić information content (AvgIpc) is 2.39. The highest BCUT2D eigenvalue weighted by atomic mass is 79.9. The minimum Gasteiger partial charge on any atom is -0.478 e. The number of carboxylic acids is 1. The zero-order chi connectivity index (χ0) is 14.1. The van der Waals surface area contributed by atoms with Gasteiger partial charge in [-0.25, -0.2) is 4.79 Å². The molecule has 0 saturated heterocycles. The van der Waals surface area contributed by atoms with E-state index in [9.17, 15) is 4.79 Å². The molecule has 0 aliphatic carbocycles. The van der Waals surface area contributed by atoms with E-state index in [1.807, 2.05) is 0 Å². The van der Waals surface area contributed by atoms with Gasteiger partial charge in [-0.15, -0.1) is 0 Å². The number of halogens is 1. The van der Waals surface area contributed by atoms with Crippen LogP contribution in [0.4, 0.5) is 0 Å². The third kappa shape index (κ3) is 6.21. The van der Waals surface area contributed by atoms with Crippen molar-refractivity contribution < 1.29 is 14.6 Å². The number of unbranched alkanes of at least 4 members (excludes halogenated alkanes) is 4. The summed E-state index contributed by atoms with van der Waals surface area (Å²) in [5.74, 6) is -0.913. The van der Waals surface area contributed by atoms with E-state index in [4.69, 9.17) is 9.84 Å². The first kappa shape index (κ1) is 16.2. The van der Waals surface area contributed by atoms with Gasteiger partial charge in [-0.05, 0) is 24.1 Å². The molecule has 1 N–H and O–H groups in total. The quantitative estimate of drug-likeness (QED) is 0.672. The number of ether oxygens (including phenoxy) is 1. The Balaban J connectivity index is 2.28. The van der Waals surface area contributed by atoms with Gasteiger partial charge in [0, 0.05) is 11.1 Å². The maximum absolute atomic E-state index is 10.8. The van der Waals surface area contributed by atoms with Crippen molar-refractivity contribution in [2.75, 3.05) is 6.61 Å². The molecule has 0 saturated carbocycles. The Bertz CT molecular complexity index is 404. The Hall–Kier alpha value is -0.870. The SMILES string of the molecule is CCCCCCCOCc1ccc(C(=O)O)cc1Br. The smallest absolute Gasteiger partial charge is 0.335 e. The van der Waals surface area contributed by atoms with Gasteiger partial charge in [0.1, 0.15) is 0 Å². The molecule has 0 aromatic heterocycles. The van der Waals surface area contributed by atoms with E-state index < -0.39 is 5.97 Å². The fourth-order valence-corrected chi connectivity index (χ4v) is 2.28. The van der Waals surface area contributed by atoms with Crippen molar-refractivity contribution in [3.8, 4) is 0 Å². The van der Waals surface area contributed by atoms with Crippen LogP contribution >= 0.6 is 15.9 Å². The molecular weight excluding hydrogens is 308 g/mol. The topological polar surface area (TPSA) is 46.5 Å². The maximum atomic E-state index is 10.8. The van der Waals surface area contributed by atoms with Crippen LogP contribution in [0.5, 0.6) is 0 Å². The Morgan fingerprint density at radius 2 is 2.00 bits per heavy atom. The predicted molar refractivity (Wildman–Crippen MR) is 79.5 cm³/mol. The van der Waals surface area contributed by atoms with Crippen molar-refractivity contribution in [1.29, 1.82) is 0 Å². The number of benzene rings is 1. The summed E-state index contributed by atoms with van der Waals surface area (Å²) in [4.78, 5) is 10.8. The molecule has 0 aliphatic rings. The van der Waals surface area contributed by atoms with Crippen molar-refractivity contribution in [3.05, 3.63) is 33.8 Å². The molecule has 0 amide bonds. The van der Waals surface area contributed by atoms with Gasteiger partial charge < -0.3 is 9.84 Å². The van der Waals surface area contributed by atoms with Gasteiger partial charge in [0.2, 0.25) is 0 Å². The lowest BCUT2D eigenvalue weighted by Crippen LogP contribution is -2.00. The Labute approximate surface area is 123 Å². The van der Waals surface area contributed by atoms with Gasteiger partial charge in [0.15, 0.2) is 0 Å². The van der Waals surface area contributed by atoms with Gasteiger partial charge in [0.25, 0.3) is 0 Å². The summed E-state index contributed by atoms with van der Waals surface area (Å²) in [5, 5.41) is 8.86. The Morgan fingerprint density at radius 1 is 1.26 bits per heavy atom. The predicted octanol–water partition coefficient (Wildman–Crippen LogP) is 4.63. The van der Waals surface area contributed by atoms with Gasteiger partial charge in [-0.1, -0.05) is 54.6 Å². The third-order valence-corrected chi connectivity index (χ3v) is 3.69. The molecule has 0 radical (unpaired) electrons. The number of aromatic carboxylic acids is 1. The molecule has 1 aromatic rings. The average molecular weight is 329 g/mol. The van der Waals surface area contributed by atoms with E-state index in [0.717, 1.165) is 23.1 Å². The Morgan fingerprint density at radius 3 is 2.63 bits per heavy atom. The van der Waals surface area contributed by atoms with Crippen LogP contribution in [0.25, 0.3) is 0 Å². The molecule has 1 rings (SSSR count). The Kier molecular flexibility index (Phi) is 7.75. The standard InChI is InChI=1S/C15H21BrO3/c1-2-3-4-5-6-9-19-11-13-8-7-12(15(17)18)10-14(13)16/h7-8,10H,2-6,9,11H2,1H3,(H,17,18). The first-order valence-corrected chi connectivity index (χ1v) is 7.54. The highest BCUT2D eigenvalue weighted by Gasteiger charge is 2.06. The van der Waals surface area contributed by atoms with E-state index >= 15 is 0 Å². The van der Waals surface area contributed by atoms with Crippen LogP contribution in [0.1, 0.15) is 54.9 Å². The lowest BCUT2D eigenvalue weighted by Gasteiger charge is -2.07. The number of carboxylic acid groups (broad SMARTS) is 1. The summed E-state index contributed by atoms with van der Waals surface area (Å²) in [6, 6.07) is 5.01. The molecule has 0 fully saturated rings. The second-order valence-corrected chi connectivity index (χ2v) is 5.43. The summed E-state index contributed by atoms with van der Waals surface area (Å²) < 4.78 is 6.39. The van der Waals surface area contributed by atoms with E-state index in [1.54, 1.807) is 18.2 Å². The van der Waals surface area contributed by atoms with E-state index in [-0.39, 0.29) is 5.56 Å². The van der Waals surface area contributed by atoms with Gasteiger partial charge in [-0.3, -0.25) is 0 Å². The van der Waals surface area contributed by atoms with Crippen molar-refractivity contribution in [2.24, 2.45) is 0 Å². The van der Waals surface area contributed by atoms with Gasteiger partial charge >= 0.3 is 5.97 Å². The largest absolute Gasteiger partial charge is 0.478 e. The fourth-order valence-electron chi connectivity index (χ4n) is 1.79. The second kappa shape index (κ2) is 9.10.